The Balaban J connectivity index is 1.93. The predicted molar refractivity (Wildman–Crippen MR) is 71.6 cm³/mol. The van der Waals surface area contributed by atoms with E-state index in [0.717, 1.165) is 32.0 Å². The molecule has 0 saturated carbocycles. The van der Waals surface area contributed by atoms with Gasteiger partial charge < -0.3 is 14.6 Å². The zero-order valence-electron chi connectivity index (χ0n) is 11.6. The number of nitrogens with one attached hydrogen (secondary N) is 1. The summed E-state index contributed by atoms with van der Waals surface area (Å²) >= 11 is 0. The molecule has 2 rings (SSSR count). The van der Waals surface area contributed by atoms with Gasteiger partial charge in [0.15, 0.2) is 0 Å². The van der Waals surface area contributed by atoms with E-state index in [1.165, 1.54) is 12.8 Å². The lowest BCUT2D eigenvalue weighted by Gasteiger charge is -2.28. The van der Waals surface area contributed by atoms with E-state index in [9.17, 15) is 0 Å². The molecule has 5 nitrogen and oxygen atoms in total. The van der Waals surface area contributed by atoms with Crippen LogP contribution in [0.3, 0.4) is 0 Å². The molecule has 1 aromatic rings. The number of hydrogen-bond acceptors (Lipinski definition) is 5. The minimum Gasteiger partial charge on any atom is -0.406 e. The van der Waals surface area contributed by atoms with Gasteiger partial charge in [0.1, 0.15) is 0 Å². The van der Waals surface area contributed by atoms with E-state index in [-0.39, 0.29) is 6.04 Å². The Bertz CT molecular complexity index is 358. The van der Waals surface area contributed by atoms with Crippen molar-refractivity contribution in [3.05, 3.63) is 5.89 Å². The van der Waals surface area contributed by atoms with Crippen molar-refractivity contribution in [1.29, 1.82) is 0 Å². The van der Waals surface area contributed by atoms with Crippen LogP contribution in [0.15, 0.2) is 4.42 Å². The fourth-order valence-electron chi connectivity index (χ4n) is 2.18. The number of rotatable bonds is 5. The molecule has 1 aliphatic rings. The standard InChI is InChI=1S/C13H24N4O/c1-4-7-14-11(3)12-15-16-13(18-12)17-8-5-10(2)6-9-17/h10-11,14H,4-9H2,1-3H3. The van der Waals surface area contributed by atoms with Crippen LogP contribution in [-0.2, 0) is 0 Å². The Labute approximate surface area is 109 Å². The molecule has 0 aliphatic carbocycles. The summed E-state index contributed by atoms with van der Waals surface area (Å²) in [5, 5.41) is 11.7. The molecule has 1 N–H and O–H groups in total. The van der Waals surface area contributed by atoms with E-state index < -0.39 is 0 Å². The average Bonchev–Trinajstić information content (AvgIpc) is 2.86. The first-order valence-corrected chi connectivity index (χ1v) is 7.02. The van der Waals surface area contributed by atoms with Crippen LogP contribution in [0.25, 0.3) is 0 Å². The minimum absolute atomic E-state index is 0.134. The highest BCUT2D eigenvalue weighted by Gasteiger charge is 2.21. The molecule has 0 bridgehead atoms. The van der Waals surface area contributed by atoms with Gasteiger partial charge in [-0.25, -0.2) is 0 Å². The van der Waals surface area contributed by atoms with E-state index in [0.29, 0.717) is 11.9 Å². The van der Waals surface area contributed by atoms with Crippen molar-refractivity contribution in [2.45, 2.75) is 46.1 Å². The Morgan fingerprint density at radius 2 is 2.11 bits per heavy atom. The molecular weight excluding hydrogens is 228 g/mol. The van der Waals surface area contributed by atoms with Crippen molar-refractivity contribution < 1.29 is 4.42 Å². The second-order valence-corrected chi connectivity index (χ2v) is 5.27. The molecule has 1 atom stereocenters. The third-order valence-corrected chi connectivity index (χ3v) is 3.56. The molecule has 1 unspecified atom stereocenters. The van der Waals surface area contributed by atoms with E-state index in [2.05, 4.69) is 41.2 Å². The monoisotopic (exact) mass is 252 g/mol. The molecule has 5 heteroatoms. The summed E-state index contributed by atoms with van der Waals surface area (Å²) in [6.45, 7) is 9.53. The third kappa shape index (κ3) is 3.22. The maximum Gasteiger partial charge on any atom is 0.318 e. The van der Waals surface area contributed by atoms with Gasteiger partial charge in [0.2, 0.25) is 5.89 Å². The van der Waals surface area contributed by atoms with Crippen LogP contribution >= 0.6 is 0 Å². The van der Waals surface area contributed by atoms with Crippen molar-refractivity contribution in [3.63, 3.8) is 0 Å². The fourth-order valence-corrected chi connectivity index (χ4v) is 2.18. The lowest BCUT2D eigenvalue weighted by Crippen LogP contribution is -2.32. The normalized spacial score (nSPS) is 19.2. The van der Waals surface area contributed by atoms with Gasteiger partial charge in [0.25, 0.3) is 0 Å². The Kier molecular flexibility index (Phi) is 4.58. The van der Waals surface area contributed by atoms with E-state index in [4.69, 9.17) is 4.42 Å². The van der Waals surface area contributed by atoms with Crippen LogP contribution in [0.5, 0.6) is 0 Å². The smallest absolute Gasteiger partial charge is 0.318 e. The molecule has 1 saturated heterocycles. The molecule has 1 aliphatic heterocycles. The van der Waals surface area contributed by atoms with Crippen molar-refractivity contribution >= 4 is 6.01 Å². The highest BCUT2D eigenvalue weighted by Crippen LogP contribution is 2.23. The maximum atomic E-state index is 5.76. The van der Waals surface area contributed by atoms with Gasteiger partial charge in [-0.1, -0.05) is 18.9 Å². The van der Waals surface area contributed by atoms with Crippen LogP contribution < -0.4 is 10.2 Å². The first-order valence-electron chi connectivity index (χ1n) is 7.02. The Morgan fingerprint density at radius 1 is 1.39 bits per heavy atom. The number of aromatic nitrogens is 2. The van der Waals surface area contributed by atoms with Crippen molar-refractivity contribution in [1.82, 2.24) is 15.5 Å². The summed E-state index contributed by atoms with van der Waals surface area (Å²) < 4.78 is 5.76. The Morgan fingerprint density at radius 3 is 2.78 bits per heavy atom. The van der Waals surface area contributed by atoms with Gasteiger partial charge >= 0.3 is 6.01 Å². The van der Waals surface area contributed by atoms with Crippen LogP contribution in [-0.4, -0.2) is 29.8 Å². The zero-order chi connectivity index (χ0) is 13.0. The first kappa shape index (κ1) is 13.3. The number of anilines is 1. The summed E-state index contributed by atoms with van der Waals surface area (Å²) in [4.78, 5) is 2.20. The number of piperidine rings is 1. The van der Waals surface area contributed by atoms with E-state index in [1.54, 1.807) is 0 Å². The summed E-state index contributed by atoms with van der Waals surface area (Å²) in [5.41, 5.74) is 0. The summed E-state index contributed by atoms with van der Waals surface area (Å²) in [5.74, 6) is 1.51. The van der Waals surface area contributed by atoms with Crippen LogP contribution in [0.4, 0.5) is 6.01 Å². The number of hydrogen-bond donors (Lipinski definition) is 1. The molecule has 18 heavy (non-hydrogen) atoms. The molecule has 1 fully saturated rings. The minimum atomic E-state index is 0.134. The second kappa shape index (κ2) is 6.18. The van der Waals surface area contributed by atoms with E-state index >= 15 is 0 Å². The molecule has 1 aromatic heterocycles. The van der Waals surface area contributed by atoms with Crippen molar-refractivity contribution in [3.8, 4) is 0 Å². The van der Waals surface area contributed by atoms with Crippen molar-refractivity contribution in [2.24, 2.45) is 5.92 Å². The molecule has 0 radical (unpaired) electrons. The Hall–Kier alpha value is -1.10. The molecule has 102 valence electrons. The topological polar surface area (TPSA) is 54.2 Å². The maximum absolute atomic E-state index is 5.76. The van der Waals surface area contributed by atoms with E-state index in [1.807, 2.05) is 0 Å². The van der Waals surface area contributed by atoms with Gasteiger partial charge in [-0.05, 0) is 38.6 Å². The summed E-state index contributed by atoms with van der Waals surface area (Å²) in [7, 11) is 0. The van der Waals surface area contributed by atoms with Gasteiger partial charge in [0.05, 0.1) is 6.04 Å². The van der Waals surface area contributed by atoms with Gasteiger partial charge in [-0.15, -0.1) is 5.10 Å². The lowest BCUT2D eigenvalue weighted by atomic mass is 10.00. The van der Waals surface area contributed by atoms with Crippen molar-refractivity contribution in [2.75, 3.05) is 24.5 Å². The van der Waals surface area contributed by atoms with Gasteiger partial charge in [0, 0.05) is 13.1 Å². The largest absolute Gasteiger partial charge is 0.406 e. The predicted octanol–water partition coefficient (Wildman–Crippen LogP) is 2.37. The second-order valence-electron chi connectivity index (χ2n) is 5.27. The quantitative estimate of drug-likeness (QED) is 0.872. The molecule has 2 heterocycles. The molecule has 0 spiro atoms. The molecule has 0 aromatic carbocycles. The lowest BCUT2D eigenvalue weighted by molar-refractivity contribution is 0.386. The zero-order valence-corrected chi connectivity index (χ0v) is 11.6. The first-order chi connectivity index (χ1) is 8.70. The van der Waals surface area contributed by atoms with Crippen LogP contribution in [0.1, 0.15) is 52.0 Å². The summed E-state index contributed by atoms with van der Waals surface area (Å²) in [6.07, 6.45) is 3.53. The summed E-state index contributed by atoms with van der Waals surface area (Å²) in [6, 6.07) is 0.817. The molecule has 0 amide bonds. The average molecular weight is 252 g/mol. The highest BCUT2D eigenvalue weighted by atomic mass is 16.4. The van der Waals surface area contributed by atoms with Gasteiger partial charge in [-0.3, -0.25) is 0 Å². The SMILES string of the molecule is CCCNC(C)c1nnc(N2CCC(C)CC2)o1. The number of nitrogens with zero attached hydrogens (tertiary/aromatic N) is 3. The van der Waals surface area contributed by atoms with Crippen LogP contribution in [0.2, 0.25) is 0 Å². The molecular formula is C13H24N4O. The highest BCUT2D eigenvalue weighted by molar-refractivity contribution is 5.24. The van der Waals surface area contributed by atoms with Crippen LogP contribution in [0, 0.1) is 5.92 Å². The third-order valence-electron chi connectivity index (χ3n) is 3.56. The van der Waals surface area contributed by atoms with Gasteiger partial charge in [-0.2, -0.15) is 0 Å². The fraction of sp³-hybridized carbons (Fsp3) is 0.846.